The molecule has 0 unspecified atom stereocenters. The number of H-pyrrole nitrogens is 1. The van der Waals surface area contributed by atoms with Crippen molar-refractivity contribution < 1.29 is 12.8 Å². The number of aromatic nitrogens is 1. The van der Waals surface area contributed by atoms with Gasteiger partial charge in [-0.25, -0.2) is 4.39 Å². The van der Waals surface area contributed by atoms with Gasteiger partial charge in [0, 0.05) is 61.4 Å². The van der Waals surface area contributed by atoms with Crippen LogP contribution in [-0.2, 0) is 16.8 Å². The number of fused-ring (bicyclic) bond motifs is 2. The monoisotopic (exact) mass is 482 g/mol. The van der Waals surface area contributed by atoms with Crippen LogP contribution in [0.25, 0.3) is 16.5 Å². The van der Waals surface area contributed by atoms with Gasteiger partial charge in [-0.05, 0) is 62.1 Å². The molecule has 1 aromatic heterocycles. The summed E-state index contributed by atoms with van der Waals surface area (Å²) in [6.07, 6.45) is 5.87. The molecule has 0 fully saturated rings. The molecule has 180 valence electrons. The summed E-state index contributed by atoms with van der Waals surface area (Å²) in [5, 5.41) is 1.05. The van der Waals surface area contributed by atoms with E-state index in [1.165, 1.54) is 17.7 Å². The first kappa shape index (κ1) is 23.1. The zero-order valence-electron chi connectivity index (χ0n) is 19.7. The topological polar surface area (TPSA) is 59.6 Å². The lowest BCUT2D eigenvalue weighted by Crippen LogP contribution is -2.50. The summed E-state index contributed by atoms with van der Waals surface area (Å²) in [6, 6.07) is 12.6. The van der Waals surface area contributed by atoms with Crippen LogP contribution in [0.2, 0.25) is 0 Å². The highest BCUT2D eigenvalue weighted by Crippen LogP contribution is 2.34. The molecule has 0 bridgehead atoms. The van der Waals surface area contributed by atoms with E-state index in [0.717, 1.165) is 60.2 Å². The van der Waals surface area contributed by atoms with Crippen molar-refractivity contribution in [2.24, 2.45) is 0 Å². The number of para-hydroxylation sites is 1. The number of halogens is 1. The van der Waals surface area contributed by atoms with Crippen LogP contribution >= 0.6 is 0 Å². The molecule has 2 aliphatic heterocycles. The number of nitrogens with zero attached hydrogens (tertiary/aromatic N) is 3. The number of benzene rings is 2. The number of hydrogen-bond acceptors (Lipinski definition) is 3. The molecule has 8 heteroatoms. The maximum absolute atomic E-state index is 13.5. The number of aromatic amines is 1. The van der Waals surface area contributed by atoms with Crippen LogP contribution in [0, 0.1) is 5.82 Å². The lowest BCUT2D eigenvalue weighted by atomic mass is 9.99. The van der Waals surface area contributed by atoms with E-state index in [2.05, 4.69) is 16.0 Å². The average Bonchev–Trinajstić information content (AvgIpc) is 3.23. The molecule has 2 aromatic carbocycles. The SMILES string of the molecule is CC(C)N1Cc2ccccc2N(CCCN2CC=C(c3c[nH]c4cc(F)ccc34)CC2)S1(=O)=O. The number of nitrogens with one attached hydrogen (secondary N) is 1. The van der Waals surface area contributed by atoms with Gasteiger partial charge in [0.2, 0.25) is 0 Å². The van der Waals surface area contributed by atoms with E-state index >= 15 is 0 Å². The van der Waals surface area contributed by atoms with Crippen LogP contribution in [0.1, 0.15) is 37.8 Å². The molecule has 2 aliphatic rings. The second kappa shape index (κ2) is 9.17. The van der Waals surface area contributed by atoms with Gasteiger partial charge in [-0.15, -0.1) is 0 Å². The van der Waals surface area contributed by atoms with Gasteiger partial charge in [0.15, 0.2) is 0 Å². The van der Waals surface area contributed by atoms with Crippen molar-refractivity contribution in [1.82, 2.24) is 14.2 Å². The second-order valence-corrected chi connectivity index (χ2v) is 11.2. The molecule has 0 aliphatic carbocycles. The maximum atomic E-state index is 13.5. The summed E-state index contributed by atoms with van der Waals surface area (Å²) >= 11 is 0. The number of hydrogen-bond donors (Lipinski definition) is 1. The van der Waals surface area contributed by atoms with Crippen molar-refractivity contribution in [2.75, 3.05) is 30.5 Å². The van der Waals surface area contributed by atoms with Crippen LogP contribution in [0.5, 0.6) is 0 Å². The van der Waals surface area contributed by atoms with Crippen LogP contribution in [-0.4, -0.2) is 54.8 Å². The largest absolute Gasteiger partial charge is 0.360 e. The van der Waals surface area contributed by atoms with Crippen molar-refractivity contribution in [3.05, 3.63) is 71.7 Å². The molecule has 0 saturated heterocycles. The third-order valence-corrected chi connectivity index (χ3v) is 8.94. The Hall–Kier alpha value is -2.68. The third-order valence-electron chi connectivity index (χ3n) is 6.86. The summed E-state index contributed by atoms with van der Waals surface area (Å²) in [6.45, 7) is 7.30. The summed E-state index contributed by atoms with van der Waals surface area (Å²) < 4.78 is 43.3. The molecule has 3 heterocycles. The summed E-state index contributed by atoms with van der Waals surface area (Å²) in [7, 11) is -3.54. The molecule has 0 spiro atoms. The van der Waals surface area contributed by atoms with E-state index in [1.54, 1.807) is 8.61 Å². The highest BCUT2D eigenvalue weighted by Gasteiger charge is 2.37. The summed E-state index contributed by atoms with van der Waals surface area (Å²) in [4.78, 5) is 5.54. The van der Waals surface area contributed by atoms with E-state index in [4.69, 9.17) is 0 Å². The minimum atomic E-state index is -3.54. The van der Waals surface area contributed by atoms with E-state index in [-0.39, 0.29) is 11.9 Å². The highest BCUT2D eigenvalue weighted by molar-refractivity contribution is 7.90. The number of rotatable bonds is 6. The van der Waals surface area contributed by atoms with Crippen LogP contribution in [0.3, 0.4) is 0 Å². The molecule has 5 rings (SSSR count). The Kier molecular flexibility index (Phi) is 6.22. The third kappa shape index (κ3) is 4.26. The lowest BCUT2D eigenvalue weighted by molar-refractivity contribution is 0.298. The lowest BCUT2D eigenvalue weighted by Gasteiger charge is -2.39. The molecule has 3 aromatic rings. The van der Waals surface area contributed by atoms with Gasteiger partial charge >= 0.3 is 10.2 Å². The fourth-order valence-corrected chi connectivity index (χ4v) is 6.91. The molecule has 0 radical (unpaired) electrons. The van der Waals surface area contributed by atoms with E-state index in [9.17, 15) is 12.8 Å². The molecule has 0 saturated carbocycles. The quantitative estimate of drug-likeness (QED) is 0.551. The fraction of sp³-hybridized carbons (Fsp3) is 0.385. The molecule has 1 N–H and O–H groups in total. The standard InChI is InChI=1S/C26H31FN4O2S/c1-19(2)31-18-21-6-3-4-7-26(21)30(34(31,32)33)13-5-12-29-14-10-20(11-15-29)24-17-28-25-16-22(27)8-9-23(24)25/h3-4,6-10,16-17,19,28H,5,11-15,18H2,1-2H3. The first-order chi connectivity index (χ1) is 16.3. The van der Waals surface area contributed by atoms with Crippen LogP contribution in [0.4, 0.5) is 10.1 Å². The molecule has 0 atom stereocenters. The van der Waals surface area contributed by atoms with E-state index in [1.807, 2.05) is 50.4 Å². The Morgan fingerprint density at radius 1 is 1.12 bits per heavy atom. The van der Waals surface area contributed by atoms with Gasteiger partial charge in [-0.1, -0.05) is 24.3 Å². The van der Waals surface area contributed by atoms with Crippen LogP contribution < -0.4 is 4.31 Å². The van der Waals surface area contributed by atoms with Crippen molar-refractivity contribution >= 4 is 32.4 Å². The molecule has 0 amide bonds. The van der Waals surface area contributed by atoms with E-state index < -0.39 is 10.2 Å². The maximum Gasteiger partial charge on any atom is 0.304 e. The molecule has 6 nitrogen and oxygen atoms in total. The Morgan fingerprint density at radius 3 is 2.71 bits per heavy atom. The Labute approximate surface area is 200 Å². The Balaban J connectivity index is 1.24. The number of anilines is 1. The van der Waals surface area contributed by atoms with E-state index in [0.29, 0.717) is 13.1 Å². The zero-order chi connectivity index (χ0) is 23.9. The zero-order valence-corrected chi connectivity index (χ0v) is 20.5. The van der Waals surface area contributed by atoms with Crippen molar-refractivity contribution in [3.63, 3.8) is 0 Å². The van der Waals surface area contributed by atoms with Gasteiger partial charge in [0.05, 0.1) is 5.69 Å². The van der Waals surface area contributed by atoms with Gasteiger partial charge in [-0.2, -0.15) is 12.7 Å². The average molecular weight is 483 g/mol. The minimum absolute atomic E-state index is 0.0903. The van der Waals surface area contributed by atoms with Crippen molar-refractivity contribution in [1.29, 1.82) is 0 Å². The predicted molar refractivity (Wildman–Crippen MR) is 135 cm³/mol. The van der Waals surface area contributed by atoms with Gasteiger partial charge in [0.25, 0.3) is 0 Å². The fourth-order valence-electron chi connectivity index (χ4n) is 5.03. The first-order valence-electron chi connectivity index (χ1n) is 11.9. The normalized spacial score (nSPS) is 18.9. The van der Waals surface area contributed by atoms with Gasteiger partial charge in [0.1, 0.15) is 5.82 Å². The molecular weight excluding hydrogens is 451 g/mol. The van der Waals surface area contributed by atoms with Crippen molar-refractivity contribution in [3.8, 4) is 0 Å². The smallest absolute Gasteiger partial charge is 0.304 e. The first-order valence-corrected chi connectivity index (χ1v) is 13.3. The second-order valence-electron chi connectivity index (χ2n) is 9.37. The molecular formula is C26H31FN4O2S. The molecule has 34 heavy (non-hydrogen) atoms. The Morgan fingerprint density at radius 2 is 1.94 bits per heavy atom. The van der Waals surface area contributed by atoms with Crippen LogP contribution in [0.15, 0.2) is 54.7 Å². The van der Waals surface area contributed by atoms with Gasteiger partial charge in [-0.3, -0.25) is 9.21 Å². The van der Waals surface area contributed by atoms with Gasteiger partial charge < -0.3 is 4.98 Å². The Bertz CT molecular complexity index is 1330. The highest BCUT2D eigenvalue weighted by atomic mass is 32.2. The van der Waals surface area contributed by atoms with Crippen molar-refractivity contribution in [2.45, 2.75) is 39.3 Å². The summed E-state index contributed by atoms with van der Waals surface area (Å²) in [5.41, 5.74) is 5.08. The minimum Gasteiger partial charge on any atom is -0.360 e. The predicted octanol–water partition coefficient (Wildman–Crippen LogP) is 4.76. The summed E-state index contributed by atoms with van der Waals surface area (Å²) in [5.74, 6) is -0.237.